The van der Waals surface area contributed by atoms with Crippen LogP contribution in [-0.2, 0) is 4.79 Å². The second-order valence-corrected chi connectivity index (χ2v) is 7.34. The first-order valence-corrected chi connectivity index (χ1v) is 9.06. The van der Waals surface area contributed by atoms with E-state index in [1.807, 2.05) is 42.5 Å². The fraction of sp³-hybridized carbons (Fsp3) is 0.111. The van der Waals surface area contributed by atoms with E-state index in [1.54, 1.807) is 24.2 Å². The Morgan fingerprint density at radius 3 is 2.72 bits per heavy atom. The normalized spacial score (nSPS) is 15.8. The van der Waals surface area contributed by atoms with E-state index in [0.29, 0.717) is 20.9 Å². The molecule has 1 heterocycles. The van der Waals surface area contributed by atoms with E-state index in [2.05, 4.69) is 5.32 Å². The van der Waals surface area contributed by atoms with Gasteiger partial charge in [0.05, 0.1) is 18.7 Å². The fourth-order valence-corrected chi connectivity index (χ4v) is 3.72. The van der Waals surface area contributed by atoms with Crippen LogP contribution in [0.25, 0.3) is 6.08 Å². The fourth-order valence-electron chi connectivity index (χ4n) is 2.26. The molecule has 25 heavy (non-hydrogen) atoms. The molecule has 0 spiro atoms. The summed E-state index contributed by atoms with van der Waals surface area (Å²) in [5.74, 6) is 0.664. The van der Waals surface area contributed by atoms with Gasteiger partial charge in [0.2, 0.25) is 0 Å². The van der Waals surface area contributed by atoms with Crippen molar-refractivity contribution in [3.8, 4) is 5.75 Å². The summed E-state index contributed by atoms with van der Waals surface area (Å²) in [5, 5.41) is 3.82. The second-order valence-electron chi connectivity index (χ2n) is 5.23. The van der Waals surface area contributed by atoms with E-state index in [4.69, 9.17) is 28.6 Å². The largest absolute Gasteiger partial charge is 0.497 e. The van der Waals surface area contributed by atoms with Crippen molar-refractivity contribution in [1.82, 2.24) is 4.90 Å². The number of thiocarbonyl (C=S) groups is 1. The van der Waals surface area contributed by atoms with Gasteiger partial charge >= 0.3 is 0 Å². The predicted octanol–water partition coefficient (Wildman–Crippen LogP) is 4.62. The zero-order valence-electron chi connectivity index (χ0n) is 13.4. The molecule has 7 heteroatoms. The van der Waals surface area contributed by atoms with Crippen molar-refractivity contribution in [2.75, 3.05) is 19.1 Å². The maximum atomic E-state index is 12.6. The minimum atomic E-state index is -0.115. The second kappa shape index (κ2) is 7.91. The number of halogens is 1. The Kier molecular flexibility index (Phi) is 5.63. The third-order valence-corrected chi connectivity index (χ3v) is 5.16. The van der Waals surface area contributed by atoms with Crippen LogP contribution in [0.4, 0.5) is 5.69 Å². The smallest absolute Gasteiger partial charge is 0.267 e. The van der Waals surface area contributed by atoms with E-state index >= 15 is 0 Å². The molecule has 0 radical (unpaired) electrons. The van der Waals surface area contributed by atoms with E-state index in [0.717, 1.165) is 17.0 Å². The molecule has 0 aromatic heterocycles. The van der Waals surface area contributed by atoms with Crippen molar-refractivity contribution < 1.29 is 9.53 Å². The average Bonchev–Trinajstić information content (AvgIpc) is 2.87. The van der Waals surface area contributed by atoms with E-state index < -0.39 is 0 Å². The van der Waals surface area contributed by atoms with Gasteiger partial charge in [-0.1, -0.05) is 47.7 Å². The number of thioether (sulfide) groups is 1. The number of nitrogens with zero attached hydrogens (tertiary/aromatic N) is 1. The van der Waals surface area contributed by atoms with Crippen molar-refractivity contribution >= 4 is 57.6 Å². The third-order valence-electron chi connectivity index (χ3n) is 3.55. The monoisotopic (exact) mass is 390 g/mol. The van der Waals surface area contributed by atoms with Crippen molar-refractivity contribution in [3.05, 3.63) is 64.0 Å². The lowest BCUT2D eigenvalue weighted by Gasteiger charge is -2.16. The topological polar surface area (TPSA) is 41.6 Å². The van der Waals surface area contributed by atoms with Crippen molar-refractivity contribution in [2.24, 2.45) is 0 Å². The van der Waals surface area contributed by atoms with Crippen molar-refractivity contribution in [3.63, 3.8) is 0 Å². The van der Waals surface area contributed by atoms with Crippen molar-refractivity contribution in [2.45, 2.75) is 0 Å². The van der Waals surface area contributed by atoms with Gasteiger partial charge in [0.25, 0.3) is 5.91 Å². The summed E-state index contributed by atoms with van der Waals surface area (Å²) in [4.78, 5) is 14.7. The Bertz CT molecular complexity index is 837. The number of benzene rings is 2. The van der Waals surface area contributed by atoms with Crippen LogP contribution >= 0.6 is 35.6 Å². The van der Waals surface area contributed by atoms with Gasteiger partial charge in [0.15, 0.2) is 0 Å². The third kappa shape index (κ3) is 4.34. The van der Waals surface area contributed by atoms with Crippen LogP contribution in [0, 0.1) is 0 Å². The number of ether oxygens (including phenoxy) is 1. The molecule has 2 aromatic rings. The molecule has 4 nitrogen and oxygen atoms in total. The van der Waals surface area contributed by atoms with Crippen LogP contribution < -0.4 is 10.1 Å². The highest BCUT2D eigenvalue weighted by Crippen LogP contribution is 2.32. The van der Waals surface area contributed by atoms with Gasteiger partial charge in [0.1, 0.15) is 10.1 Å². The van der Waals surface area contributed by atoms with Gasteiger partial charge in [-0.25, -0.2) is 0 Å². The van der Waals surface area contributed by atoms with Gasteiger partial charge in [0, 0.05) is 10.7 Å². The van der Waals surface area contributed by atoms with Crippen LogP contribution in [-0.4, -0.2) is 28.9 Å². The Balaban J connectivity index is 1.68. The number of rotatable bonds is 5. The zero-order chi connectivity index (χ0) is 17.8. The number of carbonyl (C=O) groups excluding carboxylic acids is 1. The lowest BCUT2D eigenvalue weighted by atomic mass is 10.2. The van der Waals surface area contributed by atoms with Crippen LogP contribution in [0.1, 0.15) is 5.56 Å². The van der Waals surface area contributed by atoms with Gasteiger partial charge in [-0.15, -0.1) is 0 Å². The van der Waals surface area contributed by atoms with Crippen molar-refractivity contribution in [1.29, 1.82) is 0 Å². The summed E-state index contributed by atoms with van der Waals surface area (Å²) in [6, 6.07) is 14.8. The summed E-state index contributed by atoms with van der Waals surface area (Å²) in [7, 11) is 1.62. The number of anilines is 1. The molecule has 0 unspecified atom stereocenters. The molecular formula is C18H15ClN2O2S2. The van der Waals surface area contributed by atoms with Gasteiger partial charge < -0.3 is 10.1 Å². The number of carbonyl (C=O) groups is 1. The molecule has 128 valence electrons. The first-order valence-electron chi connectivity index (χ1n) is 7.45. The highest BCUT2D eigenvalue weighted by atomic mass is 35.5. The molecule has 1 fully saturated rings. The SMILES string of the molecule is COc1ccc(NCN2C(=O)C(=Cc3cccc(Cl)c3)SC2=S)cc1. The molecule has 0 aliphatic carbocycles. The summed E-state index contributed by atoms with van der Waals surface area (Å²) < 4.78 is 5.65. The summed E-state index contributed by atoms with van der Waals surface area (Å²) in [5.41, 5.74) is 1.75. The zero-order valence-corrected chi connectivity index (χ0v) is 15.8. The summed E-state index contributed by atoms with van der Waals surface area (Å²) in [6.07, 6.45) is 1.80. The lowest BCUT2D eigenvalue weighted by molar-refractivity contribution is -0.121. The number of methoxy groups -OCH3 is 1. The molecule has 0 saturated carbocycles. The summed E-state index contributed by atoms with van der Waals surface area (Å²) in [6.45, 7) is 0.309. The molecule has 1 amide bonds. The molecule has 1 saturated heterocycles. The number of amides is 1. The number of hydrogen-bond acceptors (Lipinski definition) is 5. The molecule has 2 aromatic carbocycles. The highest BCUT2D eigenvalue weighted by Gasteiger charge is 2.31. The van der Waals surface area contributed by atoms with Crippen LogP contribution in [0.2, 0.25) is 5.02 Å². The molecule has 0 atom stereocenters. The molecular weight excluding hydrogens is 376 g/mol. The number of nitrogens with one attached hydrogen (secondary N) is 1. The Labute approximate surface area is 160 Å². The van der Waals surface area contributed by atoms with Gasteiger partial charge in [-0.05, 0) is 48.0 Å². The first kappa shape index (κ1) is 17.8. The van der Waals surface area contributed by atoms with E-state index in [-0.39, 0.29) is 5.91 Å². The van der Waals surface area contributed by atoms with Crippen LogP contribution in [0.15, 0.2) is 53.4 Å². The molecule has 0 bridgehead atoms. The Hall–Kier alpha value is -2.02. The van der Waals surface area contributed by atoms with Gasteiger partial charge in [-0.2, -0.15) is 0 Å². The maximum Gasteiger partial charge on any atom is 0.267 e. The molecule has 1 aliphatic heterocycles. The molecule has 3 rings (SSSR count). The average molecular weight is 391 g/mol. The van der Waals surface area contributed by atoms with E-state index in [1.165, 1.54) is 11.8 Å². The van der Waals surface area contributed by atoms with Crippen LogP contribution in [0.5, 0.6) is 5.75 Å². The quantitative estimate of drug-likeness (QED) is 0.596. The highest BCUT2D eigenvalue weighted by molar-refractivity contribution is 8.26. The number of hydrogen-bond donors (Lipinski definition) is 1. The standard InChI is InChI=1S/C18H15ClN2O2S2/c1-23-15-7-5-14(6-8-15)20-11-21-17(22)16(25-18(21)24)10-12-3-2-4-13(19)9-12/h2-10,20H,11H2,1H3. The minimum absolute atomic E-state index is 0.115. The van der Waals surface area contributed by atoms with Gasteiger partial charge in [-0.3, -0.25) is 9.69 Å². The lowest BCUT2D eigenvalue weighted by Crippen LogP contribution is -2.33. The van der Waals surface area contributed by atoms with E-state index in [9.17, 15) is 4.79 Å². The molecule has 1 N–H and O–H groups in total. The predicted molar refractivity (Wildman–Crippen MR) is 108 cm³/mol. The minimum Gasteiger partial charge on any atom is -0.497 e. The first-order chi connectivity index (χ1) is 12.1. The van der Waals surface area contributed by atoms with Crippen LogP contribution in [0.3, 0.4) is 0 Å². The Morgan fingerprint density at radius 2 is 2.04 bits per heavy atom. The molecule has 1 aliphatic rings. The maximum absolute atomic E-state index is 12.6. The Morgan fingerprint density at radius 1 is 1.28 bits per heavy atom. The summed E-state index contributed by atoms with van der Waals surface area (Å²) >= 11 is 12.6.